The van der Waals surface area contributed by atoms with Crippen LogP contribution in [0.15, 0.2) is 0 Å². The van der Waals surface area contributed by atoms with Crippen molar-refractivity contribution in [3.63, 3.8) is 0 Å². The van der Waals surface area contributed by atoms with Crippen LogP contribution in [0.2, 0.25) is 0 Å². The Morgan fingerprint density at radius 3 is 0.947 bits per heavy atom. The molecule has 0 aromatic rings. The molecule has 0 aliphatic rings. The predicted molar refractivity (Wildman–Crippen MR) is 45.7 cm³/mol. The summed E-state index contributed by atoms with van der Waals surface area (Å²) in [5.74, 6) is 0. The van der Waals surface area contributed by atoms with E-state index in [9.17, 15) is 28.4 Å². The van der Waals surface area contributed by atoms with E-state index in [1.807, 2.05) is 0 Å². The molecule has 0 amide bonds. The van der Waals surface area contributed by atoms with Gasteiger partial charge >= 0.3 is 88.7 Å². The minimum Gasteiger partial charge on any atom is -0.766 e. The van der Waals surface area contributed by atoms with Crippen LogP contribution < -0.4 is 103 Å². The first kappa shape index (κ1) is 30.3. The third-order valence-electron chi connectivity index (χ3n) is 1.35. The van der Waals surface area contributed by atoms with Crippen molar-refractivity contribution < 1.29 is 131 Å². The van der Waals surface area contributed by atoms with E-state index in [4.69, 9.17) is 0 Å². The molecule has 0 aliphatic heterocycles. The van der Waals surface area contributed by atoms with E-state index in [-0.39, 0.29) is 88.7 Å². The van der Waals surface area contributed by atoms with Crippen LogP contribution in [0.1, 0.15) is 0 Å². The van der Waals surface area contributed by atoms with E-state index in [2.05, 4.69) is 13.6 Å². The number of hydrogen-bond donors (Lipinski definition) is 0. The molecule has 16 heteroatoms. The van der Waals surface area contributed by atoms with Crippen LogP contribution >= 0.6 is 23.2 Å². The molecule has 98 valence electrons. The molecule has 0 radical (unpaired) electrons. The Hall–Kier alpha value is 3.41. The fourth-order valence-electron chi connectivity index (χ4n) is 0.622. The average Bonchev–Trinajstić information content (AvgIpc) is 2.16. The molecule has 10 nitrogen and oxygen atoms in total. The predicted octanol–water partition coefficient (Wildman–Crippen LogP) is -10.4. The summed E-state index contributed by atoms with van der Waals surface area (Å²) >= 11 is 0. The van der Waals surface area contributed by atoms with Gasteiger partial charge in [-0.2, -0.15) is 0 Å². The summed E-state index contributed by atoms with van der Waals surface area (Å²) in [7, 11) is -14.4. The van der Waals surface area contributed by atoms with E-state index >= 15 is 0 Å². The molecule has 0 aliphatic carbocycles. The maximum atomic E-state index is 11.1. The second kappa shape index (κ2) is 11.9. The monoisotopic (exact) mass is 365 g/mol. The van der Waals surface area contributed by atoms with Crippen LogP contribution in [-0.4, -0.2) is 25.5 Å². The standard InChI is InChI=1S/C3H12NO9P3.3Na/c1-11-14(5,6)4(15(7,8)12-2)16(9,10)13-3;;;/h1-3H3,(H,5,6)(H,7,8)(H,9,10);;;/q;3*+1/p-3. The van der Waals surface area contributed by atoms with E-state index < -0.39 is 27.5 Å². The molecule has 3 unspecified atom stereocenters. The first-order valence-electron chi connectivity index (χ1n) is 3.47. The van der Waals surface area contributed by atoms with Crippen molar-refractivity contribution in [3.8, 4) is 0 Å². The van der Waals surface area contributed by atoms with Crippen molar-refractivity contribution in [3.05, 3.63) is 0 Å². The van der Waals surface area contributed by atoms with Gasteiger partial charge in [0.2, 0.25) is 23.2 Å². The smallest absolute Gasteiger partial charge is 0.766 e. The molecule has 0 spiro atoms. The summed E-state index contributed by atoms with van der Waals surface area (Å²) in [6.45, 7) is 0. The Morgan fingerprint density at radius 2 is 0.842 bits per heavy atom. The summed E-state index contributed by atoms with van der Waals surface area (Å²) in [4.78, 5) is 33.4. The topological polar surface area (TPSA) is 151 Å². The van der Waals surface area contributed by atoms with Gasteiger partial charge in [0.05, 0.1) is 0 Å². The zero-order chi connectivity index (χ0) is 13.2. The van der Waals surface area contributed by atoms with Crippen molar-refractivity contribution in [1.82, 2.24) is 4.21 Å². The van der Waals surface area contributed by atoms with Gasteiger partial charge in [0, 0.05) is 21.3 Å². The van der Waals surface area contributed by atoms with Gasteiger partial charge in [-0.1, -0.05) is 0 Å². The summed E-state index contributed by atoms with van der Waals surface area (Å²) in [6, 6.07) is 0. The molecule has 0 aromatic carbocycles. The van der Waals surface area contributed by atoms with Crippen LogP contribution in [0, 0.1) is 0 Å². The van der Waals surface area contributed by atoms with Gasteiger partial charge in [0.1, 0.15) is 0 Å². The fraction of sp³-hybridized carbons (Fsp3) is 1.00. The quantitative estimate of drug-likeness (QED) is 0.328. The van der Waals surface area contributed by atoms with Gasteiger partial charge in [-0.3, -0.25) is 13.7 Å². The zero-order valence-corrected chi connectivity index (χ0v) is 20.1. The average molecular weight is 365 g/mol. The van der Waals surface area contributed by atoms with Gasteiger partial charge in [-0.25, -0.2) is 0 Å². The molecular weight excluding hydrogens is 356 g/mol. The van der Waals surface area contributed by atoms with Crippen LogP contribution in [0.3, 0.4) is 0 Å². The van der Waals surface area contributed by atoms with Crippen LogP contribution in [0.25, 0.3) is 0 Å². The molecule has 0 aromatic heterocycles. The van der Waals surface area contributed by atoms with Gasteiger partial charge in [0.15, 0.2) is 0 Å². The van der Waals surface area contributed by atoms with Crippen molar-refractivity contribution in [2.24, 2.45) is 0 Å². The summed E-state index contributed by atoms with van der Waals surface area (Å²) in [5.41, 5.74) is 0. The second-order valence-corrected chi connectivity index (χ2v) is 8.28. The molecule has 0 N–H and O–H groups in total. The second-order valence-electron chi connectivity index (χ2n) is 2.22. The van der Waals surface area contributed by atoms with Crippen molar-refractivity contribution in [2.45, 2.75) is 0 Å². The Bertz CT molecular complexity index is 335. The summed E-state index contributed by atoms with van der Waals surface area (Å²) in [5, 5.41) is 0. The minimum atomic E-state index is -5.38. The first-order valence-corrected chi connectivity index (χ1v) is 7.95. The number of hydrogen-bond acceptors (Lipinski definition) is 9. The SMILES string of the molecule is COP(=O)([O-])N(P(=O)([O-])OC)P(=O)([O-])OC.[Na+].[Na+].[Na+]. The molecule has 0 saturated heterocycles. The van der Waals surface area contributed by atoms with Crippen LogP contribution in [0.5, 0.6) is 0 Å². The van der Waals surface area contributed by atoms with E-state index in [1.165, 1.54) is 0 Å². The van der Waals surface area contributed by atoms with Gasteiger partial charge < -0.3 is 28.3 Å². The molecule has 19 heavy (non-hydrogen) atoms. The fourth-order valence-corrected chi connectivity index (χ4v) is 5.59. The summed E-state index contributed by atoms with van der Waals surface area (Å²) < 4.78 is 43.9. The maximum Gasteiger partial charge on any atom is 1.00 e. The Kier molecular flexibility index (Phi) is 18.9. The third-order valence-corrected chi connectivity index (χ3v) is 7.99. The number of nitrogens with zero attached hydrogens (tertiary/aromatic N) is 1. The van der Waals surface area contributed by atoms with Crippen molar-refractivity contribution in [1.29, 1.82) is 0 Å². The molecule has 0 rings (SSSR count). The molecule has 3 atom stereocenters. The van der Waals surface area contributed by atoms with Crippen LogP contribution in [0.4, 0.5) is 0 Å². The number of rotatable bonds is 6. The van der Waals surface area contributed by atoms with Crippen molar-refractivity contribution >= 4 is 23.2 Å². The molecular formula is C3H9NNa3O9P3. The molecule has 0 heterocycles. The molecule has 0 saturated carbocycles. The first-order chi connectivity index (χ1) is 7.05. The Morgan fingerprint density at radius 1 is 0.684 bits per heavy atom. The van der Waals surface area contributed by atoms with Gasteiger partial charge in [0.25, 0.3) is 0 Å². The maximum absolute atomic E-state index is 11.1. The van der Waals surface area contributed by atoms with Gasteiger partial charge in [-0.15, -0.1) is 4.21 Å². The van der Waals surface area contributed by atoms with E-state index in [0.29, 0.717) is 21.3 Å². The zero-order valence-electron chi connectivity index (χ0n) is 11.5. The van der Waals surface area contributed by atoms with E-state index in [0.717, 1.165) is 0 Å². The van der Waals surface area contributed by atoms with E-state index in [1.54, 1.807) is 0 Å². The largest absolute Gasteiger partial charge is 1.00 e. The van der Waals surface area contributed by atoms with Gasteiger partial charge in [-0.05, 0) is 0 Å². The Labute approximate surface area is 177 Å². The normalized spacial score (nSPS) is 19.7. The molecule has 0 bridgehead atoms. The van der Waals surface area contributed by atoms with Crippen molar-refractivity contribution in [2.75, 3.05) is 21.3 Å². The van der Waals surface area contributed by atoms with Crippen LogP contribution in [-0.2, 0) is 27.3 Å². The Balaban J connectivity index is -0.000000375. The summed E-state index contributed by atoms with van der Waals surface area (Å²) in [6.07, 6.45) is 0. The minimum absolute atomic E-state index is 0. The third kappa shape index (κ3) is 8.72. The molecule has 0 fully saturated rings.